The monoisotopic (exact) mass is 167 g/mol. The van der Waals surface area contributed by atoms with E-state index in [1.165, 1.54) is 4.80 Å². The summed E-state index contributed by atoms with van der Waals surface area (Å²) < 4.78 is 0. The molecule has 0 fully saturated rings. The molecule has 0 saturated heterocycles. The lowest BCUT2D eigenvalue weighted by molar-refractivity contribution is 0.665. The number of aromatic nitrogens is 3. The third-order valence-corrected chi connectivity index (χ3v) is 1.77. The van der Waals surface area contributed by atoms with E-state index in [-0.39, 0.29) is 0 Å². The highest BCUT2D eigenvalue weighted by atomic mass is 35.5. The van der Waals surface area contributed by atoms with Gasteiger partial charge in [0.2, 0.25) is 0 Å². The summed E-state index contributed by atoms with van der Waals surface area (Å²) in [6.45, 7) is 0. The second-order valence-electron chi connectivity index (χ2n) is 2.30. The third kappa shape index (κ3) is 0.973. The van der Waals surface area contributed by atoms with Crippen molar-refractivity contribution in [2.45, 2.75) is 0 Å². The van der Waals surface area contributed by atoms with Crippen LogP contribution in [0.5, 0.6) is 0 Å². The number of aryl methyl sites for hydroxylation is 1. The molecule has 4 heteroatoms. The van der Waals surface area contributed by atoms with Crippen molar-refractivity contribution in [2.24, 2.45) is 7.05 Å². The highest BCUT2D eigenvalue weighted by Crippen LogP contribution is 2.18. The summed E-state index contributed by atoms with van der Waals surface area (Å²) in [5.41, 5.74) is 1.59. The molecule has 1 aromatic carbocycles. The molecule has 0 N–H and O–H groups in total. The topological polar surface area (TPSA) is 30.7 Å². The molecule has 0 amide bonds. The Hall–Kier alpha value is -1.09. The van der Waals surface area contributed by atoms with Crippen LogP contribution in [0, 0.1) is 0 Å². The maximum Gasteiger partial charge on any atom is 0.131 e. The molecule has 2 aromatic rings. The largest absolute Gasteiger partial charge is 0.187 e. The van der Waals surface area contributed by atoms with Gasteiger partial charge in [0.1, 0.15) is 11.0 Å². The van der Waals surface area contributed by atoms with Gasteiger partial charge in [0.15, 0.2) is 0 Å². The summed E-state index contributed by atoms with van der Waals surface area (Å²) in [6.07, 6.45) is 0. The van der Waals surface area contributed by atoms with Crippen LogP contribution < -0.4 is 0 Å². The number of hydrogen-bond donors (Lipinski definition) is 0. The van der Waals surface area contributed by atoms with Crippen LogP contribution in [0.3, 0.4) is 0 Å². The summed E-state index contributed by atoms with van der Waals surface area (Å²) in [4.78, 5) is 1.51. The molecule has 0 atom stereocenters. The molecule has 0 aliphatic carbocycles. The van der Waals surface area contributed by atoms with Gasteiger partial charge in [0.05, 0.1) is 5.02 Å². The highest BCUT2D eigenvalue weighted by molar-refractivity contribution is 6.34. The molecule has 0 saturated carbocycles. The number of benzene rings is 1. The summed E-state index contributed by atoms with van der Waals surface area (Å²) >= 11 is 5.85. The number of hydrogen-bond acceptors (Lipinski definition) is 2. The van der Waals surface area contributed by atoms with E-state index in [1.807, 2.05) is 12.1 Å². The van der Waals surface area contributed by atoms with Gasteiger partial charge in [0, 0.05) is 7.05 Å². The second kappa shape index (κ2) is 2.20. The van der Waals surface area contributed by atoms with Crippen molar-refractivity contribution >= 4 is 22.6 Å². The first-order valence-corrected chi connectivity index (χ1v) is 3.61. The fourth-order valence-corrected chi connectivity index (χ4v) is 1.21. The van der Waals surface area contributed by atoms with E-state index < -0.39 is 0 Å². The Kier molecular flexibility index (Phi) is 1.32. The molecule has 1 aromatic heterocycles. The molecule has 0 radical (unpaired) electrons. The van der Waals surface area contributed by atoms with Crippen LogP contribution in [0.15, 0.2) is 18.2 Å². The van der Waals surface area contributed by atoms with E-state index >= 15 is 0 Å². The Morgan fingerprint density at radius 1 is 1.36 bits per heavy atom. The summed E-state index contributed by atoms with van der Waals surface area (Å²) in [7, 11) is 1.77. The lowest BCUT2D eigenvalue weighted by Crippen LogP contribution is -1.90. The smallest absolute Gasteiger partial charge is 0.131 e. The van der Waals surface area contributed by atoms with Crippen LogP contribution in [0.2, 0.25) is 5.02 Å². The van der Waals surface area contributed by atoms with E-state index in [0.29, 0.717) is 5.02 Å². The van der Waals surface area contributed by atoms with Crippen LogP contribution in [-0.2, 0) is 7.05 Å². The zero-order valence-corrected chi connectivity index (χ0v) is 6.71. The molecule has 1 heterocycles. The van der Waals surface area contributed by atoms with Crippen molar-refractivity contribution in [2.75, 3.05) is 0 Å². The number of fused-ring (bicyclic) bond motifs is 1. The van der Waals surface area contributed by atoms with Crippen LogP contribution in [0.1, 0.15) is 0 Å². The first kappa shape index (κ1) is 6.61. The van der Waals surface area contributed by atoms with E-state index in [1.54, 1.807) is 13.1 Å². The molecule has 11 heavy (non-hydrogen) atoms. The molecule has 3 nitrogen and oxygen atoms in total. The quantitative estimate of drug-likeness (QED) is 0.597. The Labute approximate surface area is 68.6 Å². The van der Waals surface area contributed by atoms with Crippen molar-refractivity contribution in [3.63, 3.8) is 0 Å². The minimum atomic E-state index is 0.649. The van der Waals surface area contributed by atoms with Crippen LogP contribution in [0.4, 0.5) is 0 Å². The lowest BCUT2D eigenvalue weighted by Gasteiger charge is -1.85. The van der Waals surface area contributed by atoms with Crippen molar-refractivity contribution < 1.29 is 0 Å². The molecule has 0 bridgehead atoms. The van der Waals surface area contributed by atoms with Crippen molar-refractivity contribution in [1.82, 2.24) is 15.0 Å². The third-order valence-electron chi connectivity index (χ3n) is 1.46. The maximum absolute atomic E-state index is 5.85. The number of rotatable bonds is 0. The molecule has 0 aliphatic rings. The lowest BCUT2D eigenvalue weighted by atomic mass is 10.3. The van der Waals surface area contributed by atoms with Gasteiger partial charge in [-0.15, -0.1) is 0 Å². The average molecular weight is 168 g/mol. The van der Waals surface area contributed by atoms with Gasteiger partial charge in [-0.25, -0.2) is 0 Å². The first-order valence-electron chi connectivity index (χ1n) is 3.23. The molecule has 56 valence electrons. The van der Waals surface area contributed by atoms with Gasteiger partial charge in [-0.3, -0.25) is 0 Å². The molecule has 0 unspecified atom stereocenters. The molecular formula is C7H6ClN3. The average Bonchev–Trinajstić information content (AvgIpc) is 2.31. The fourth-order valence-electron chi connectivity index (χ4n) is 1.01. The standard InChI is InChI=1S/C7H6ClN3/c1-11-9-6-4-2-3-5(8)7(6)10-11/h2-4H,1H3. The molecular weight excluding hydrogens is 162 g/mol. The van der Waals surface area contributed by atoms with Crippen LogP contribution >= 0.6 is 11.6 Å². The van der Waals surface area contributed by atoms with Gasteiger partial charge in [-0.05, 0) is 12.1 Å². The Morgan fingerprint density at radius 3 is 2.91 bits per heavy atom. The van der Waals surface area contributed by atoms with Gasteiger partial charge in [-0.2, -0.15) is 15.0 Å². The number of halogens is 1. The zero-order valence-electron chi connectivity index (χ0n) is 5.95. The van der Waals surface area contributed by atoms with Gasteiger partial charge in [0.25, 0.3) is 0 Å². The molecule has 0 spiro atoms. The van der Waals surface area contributed by atoms with Crippen molar-refractivity contribution in [1.29, 1.82) is 0 Å². The summed E-state index contributed by atoms with van der Waals surface area (Å²) in [5, 5.41) is 8.83. The predicted octanol–water partition coefficient (Wildman–Crippen LogP) is 1.62. The number of nitrogens with zero attached hydrogens (tertiary/aromatic N) is 3. The zero-order chi connectivity index (χ0) is 7.84. The normalized spacial score (nSPS) is 10.7. The van der Waals surface area contributed by atoms with Gasteiger partial charge >= 0.3 is 0 Å². The highest BCUT2D eigenvalue weighted by Gasteiger charge is 2.02. The minimum absolute atomic E-state index is 0.649. The van der Waals surface area contributed by atoms with Crippen molar-refractivity contribution in [3.8, 4) is 0 Å². The molecule has 0 aliphatic heterocycles. The van der Waals surface area contributed by atoms with E-state index in [0.717, 1.165) is 11.0 Å². The Morgan fingerprint density at radius 2 is 2.18 bits per heavy atom. The second-order valence-corrected chi connectivity index (χ2v) is 2.70. The first-order chi connectivity index (χ1) is 5.27. The maximum atomic E-state index is 5.85. The van der Waals surface area contributed by atoms with Crippen LogP contribution in [-0.4, -0.2) is 15.0 Å². The van der Waals surface area contributed by atoms with Crippen LogP contribution in [0.25, 0.3) is 11.0 Å². The van der Waals surface area contributed by atoms with Crippen molar-refractivity contribution in [3.05, 3.63) is 23.2 Å². The minimum Gasteiger partial charge on any atom is -0.187 e. The van der Waals surface area contributed by atoms with E-state index in [4.69, 9.17) is 11.6 Å². The SMILES string of the molecule is Cn1nc2cccc(Cl)c2n1. The van der Waals surface area contributed by atoms with Gasteiger partial charge in [-0.1, -0.05) is 17.7 Å². The summed E-state index contributed by atoms with van der Waals surface area (Å²) in [5.74, 6) is 0. The molecule has 2 rings (SSSR count). The van der Waals surface area contributed by atoms with E-state index in [2.05, 4.69) is 10.2 Å². The van der Waals surface area contributed by atoms with E-state index in [9.17, 15) is 0 Å². The summed E-state index contributed by atoms with van der Waals surface area (Å²) in [6, 6.07) is 5.55. The van der Waals surface area contributed by atoms with Gasteiger partial charge < -0.3 is 0 Å². The fraction of sp³-hybridized carbons (Fsp3) is 0.143. The Balaban J connectivity index is 2.90. The Bertz CT molecular complexity index is 393. The predicted molar refractivity (Wildman–Crippen MR) is 43.5 cm³/mol.